The zero-order chi connectivity index (χ0) is 32.0. The zero-order valence-electron chi connectivity index (χ0n) is 26.7. The molecule has 48 heavy (non-hydrogen) atoms. The maximum absolute atomic E-state index is 6.28. The van der Waals surface area contributed by atoms with Crippen LogP contribution in [-0.4, -0.2) is 9.61 Å². The molecular formula is C44H31N3O. The van der Waals surface area contributed by atoms with E-state index in [2.05, 4.69) is 158 Å². The molecule has 0 saturated carbocycles. The van der Waals surface area contributed by atoms with E-state index in [9.17, 15) is 0 Å². The molecule has 0 saturated heterocycles. The topological polar surface area (TPSA) is 33.7 Å². The number of anilines is 3. The Morgan fingerprint density at radius 1 is 0.583 bits per heavy atom. The number of furan rings is 1. The number of nitrogens with zero attached hydrogens (tertiary/aromatic N) is 3. The van der Waals surface area contributed by atoms with Gasteiger partial charge in [0.2, 0.25) is 0 Å². The van der Waals surface area contributed by atoms with Crippen LogP contribution in [0.5, 0.6) is 0 Å². The van der Waals surface area contributed by atoms with Gasteiger partial charge in [-0.3, -0.25) is 0 Å². The first-order valence-corrected chi connectivity index (χ1v) is 16.5. The molecule has 0 aliphatic heterocycles. The van der Waals surface area contributed by atoms with E-state index in [1.165, 1.54) is 27.6 Å². The van der Waals surface area contributed by atoms with Crippen LogP contribution < -0.4 is 4.90 Å². The van der Waals surface area contributed by atoms with E-state index in [-0.39, 0.29) is 5.41 Å². The molecule has 4 heteroatoms. The summed E-state index contributed by atoms with van der Waals surface area (Å²) in [5.41, 5.74) is 13.1. The highest BCUT2D eigenvalue weighted by Crippen LogP contribution is 2.52. The lowest BCUT2D eigenvalue weighted by molar-refractivity contribution is 0.660. The number of pyridine rings is 1. The van der Waals surface area contributed by atoms with Gasteiger partial charge in [0.1, 0.15) is 22.5 Å². The summed E-state index contributed by atoms with van der Waals surface area (Å²) >= 11 is 0. The number of benzene rings is 6. The van der Waals surface area contributed by atoms with Gasteiger partial charge in [-0.1, -0.05) is 117 Å². The second-order valence-corrected chi connectivity index (χ2v) is 13.3. The highest BCUT2D eigenvalue weighted by molar-refractivity contribution is 6.08. The third-order valence-corrected chi connectivity index (χ3v) is 10.2. The normalized spacial score (nSPS) is 13.4. The van der Waals surface area contributed by atoms with Crippen LogP contribution in [-0.2, 0) is 5.41 Å². The van der Waals surface area contributed by atoms with E-state index < -0.39 is 0 Å². The van der Waals surface area contributed by atoms with Crippen LogP contribution in [0.3, 0.4) is 0 Å². The largest absolute Gasteiger partial charge is 0.456 e. The van der Waals surface area contributed by atoms with Crippen LogP contribution in [0.25, 0.3) is 60.6 Å². The van der Waals surface area contributed by atoms with Gasteiger partial charge in [-0.25, -0.2) is 4.52 Å². The van der Waals surface area contributed by atoms with E-state index in [0.717, 1.165) is 61.2 Å². The quantitative estimate of drug-likeness (QED) is 0.197. The van der Waals surface area contributed by atoms with Crippen LogP contribution in [0.15, 0.2) is 156 Å². The maximum atomic E-state index is 6.28. The van der Waals surface area contributed by atoms with Crippen LogP contribution in [0.4, 0.5) is 17.1 Å². The Labute approximate surface area is 278 Å². The summed E-state index contributed by atoms with van der Waals surface area (Å²) in [4.78, 5) is 2.40. The Morgan fingerprint density at radius 3 is 2.17 bits per heavy atom. The molecule has 0 atom stereocenters. The van der Waals surface area contributed by atoms with Crippen molar-refractivity contribution in [1.82, 2.24) is 9.61 Å². The molecule has 1 aliphatic carbocycles. The molecule has 4 nitrogen and oxygen atoms in total. The number of para-hydroxylation sites is 1. The summed E-state index contributed by atoms with van der Waals surface area (Å²) in [5, 5.41) is 9.81. The minimum absolute atomic E-state index is 0.0809. The van der Waals surface area contributed by atoms with Crippen LogP contribution in [0.1, 0.15) is 25.0 Å². The van der Waals surface area contributed by atoms with Gasteiger partial charge in [0.05, 0.1) is 5.52 Å². The van der Waals surface area contributed by atoms with E-state index in [1.807, 2.05) is 16.6 Å². The number of rotatable bonds is 4. The van der Waals surface area contributed by atoms with Crippen molar-refractivity contribution >= 4 is 55.3 Å². The van der Waals surface area contributed by atoms with Gasteiger partial charge in [0, 0.05) is 44.7 Å². The van der Waals surface area contributed by atoms with Crippen LogP contribution in [0, 0.1) is 0 Å². The van der Waals surface area contributed by atoms with E-state index in [0.29, 0.717) is 0 Å². The molecule has 228 valence electrons. The molecule has 0 amide bonds. The molecular weight excluding hydrogens is 587 g/mol. The third kappa shape index (κ3) is 3.86. The summed E-state index contributed by atoms with van der Waals surface area (Å²) in [7, 11) is 0. The van der Waals surface area contributed by atoms with Gasteiger partial charge >= 0.3 is 0 Å². The molecule has 9 aromatic rings. The van der Waals surface area contributed by atoms with Crippen molar-refractivity contribution in [3.05, 3.63) is 163 Å². The molecule has 0 fully saturated rings. The molecule has 0 bridgehead atoms. The monoisotopic (exact) mass is 617 g/mol. The molecule has 0 radical (unpaired) electrons. The Morgan fingerprint density at radius 2 is 1.27 bits per heavy atom. The van der Waals surface area contributed by atoms with Gasteiger partial charge in [-0.2, -0.15) is 5.10 Å². The lowest BCUT2D eigenvalue weighted by Gasteiger charge is -2.27. The summed E-state index contributed by atoms with van der Waals surface area (Å²) in [6.45, 7) is 4.66. The SMILES string of the molecule is CC1(C)c2ccccc2-c2cc(N(c3ccc4oc5ccccc5c4c3)c3c(-c4ccccc4)nn4cc5ccccc5cc34)ccc21. The number of aromatic nitrogens is 2. The Hall–Kier alpha value is -6.13. The van der Waals surface area contributed by atoms with Crippen molar-refractivity contribution in [2.75, 3.05) is 4.90 Å². The molecule has 1 aliphatic rings. The first-order chi connectivity index (χ1) is 23.5. The Bertz CT molecular complexity index is 2720. The van der Waals surface area contributed by atoms with Gasteiger partial charge in [0.15, 0.2) is 0 Å². The second kappa shape index (κ2) is 9.93. The first-order valence-electron chi connectivity index (χ1n) is 16.5. The molecule has 6 aromatic carbocycles. The minimum Gasteiger partial charge on any atom is -0.456 e. The van der Waals surface area contributed by atoms with Crippen molar-refractivity contribution in [2.45, 2.75) is 19.3 Å². The lowest BCUT2D eigenvalue weighted by Crippen LogP contribution is -2.15. The van der Waals surface area contributed by atoms with Crippen LogP contribution in [0.2, 0.25) is 0 Å². The zero-order valence-corrected chi connectivity index (χ0v) is 26.7. The fraction of sp³-hybridized carbons (Fsp3) is 0.0682. The molecule has 0 unspecified atom stereocenters. The summed E-state index contributed by atoms with van der Waals surface area (Å²) in [5.74, 6) is 0. The summed E-state index contributed by atoms with van der Waals surface area (Å²) < 4.78 is 8.33. The van der Waals surface area contributed by atoms with Crippen molar-refractivity contribution < 1.29 is 4.42 Å². The molecule has 10 rings (SSSR count). The predicted molar refractivity (Wildman–Crippen MR) is 198 cm³/mol. The van der Waals surface area contributed by atoms with Gasteiger partial charge < -0.3 is 9.32 Å². The van der Waals surface area contributed by atoms with Crippen molar-refractivity contribution in [3.63, 3.8) is 0 Å². The van der Waals surface area contributed by atoms with Crippen LogP contribution >= 0.6 is 0 Å². The highest BCUT2D eigenvalue weighted by Gasteiger charge is 2.36. The smallest absolute Gasteiger partial charge is 0.135 e. The standard InChI is InChI=1S/C44H31N3O/c1-44(2)37-18-10-8-16-33(37)35-25-31(20-22-38(35)44)47(32-21-23-41-36(26-32)34-17-9-11-19-40(34)48-41)43-39-24-29-14-6-7-15-30(29)27-46(39)45-42(43)28-12-4-3-5-13-28/h3-27H,1-2H3. The third-order valence-electron chi connectivity index (χ3n) is 10.2. The fourth-order valence-electron chi connectivity index (χ4n) is 7.83. The van der Waals surface area contributed by atoms with E-state index >= 15 is 0 Å². The lowest BCUT2D eigenvalue weighted by atomic mass is 9.82. The predicted octanol–water partition coefficient (Wildman–Crippen LogP) is 11.8. The Kier molecular flexibility index (Phi) is 5.59. The second-order valence-electron chi connectivity index (χ2n) is 13.3. The van der Waals surface area contributed by atoms with Gasteiger partial charge in [0.25, 0.3) is 0 Å². The molecule has 0 spiro atoms. The number of fused-ring (bicyclic) bond motifs is 8. The summed E-state index contributed by atoms with van der Waals surface area (Å²) in [6, 6.07) is 51.9. The van der Waals surface area contributed by atoms with E-state index in [1.54, 1.807) is 0 Å². The first kappa shape index (κ1) is 27.0. The fourth-order valence-corrected chi connectivity index (χ4v) is 7.83. The molecule has 3 aromatic heterocycles. The Balaban J connectivity index is 1.31. The highest BCUT2D eigenvalue weighted by atomic mass is 16.3. The van der Waals surface area contributed by atoms with Gasteiger partial charge in [-0.15, -0.1) is 0 Å². The average Bonchev–Trinajstić information content (AvgIpc) is 3.75. The van der Waals surface area contributed by atoms with Gasteiger partial charge in [-0.05, 0) is 70.1 Å². The van der Waals surface area contributed by atoms with E-state index in [4.69, 9.17) is 9.52 Å². The molecule has 3 heterocycles. The van der Waals surface area contributed by atoms with Crippen molar-refractivity contribution in [2.24, 2.45) is 0 Å². The van der Waals surface area contributed by atoms with Crippen molar-refractivity contribution in [1.29, 1.82) is 0 Å². The summed E-state index contributed by atoms with van der Waals surface area (Å²) in [6.07, 6.45) is 2.15. The average molecular weight is 618 g/mol. The minimum atomic E-state index is -0.0809. The maximum Gasteiger partial charge on any atom is 0.135 e. The van der Waals surface area contributed by atoms with Crippen molar-refractivity contribution in [3.8, 4) is 22.4 Å². The number of hydrogen-bond donors (Lipinski definition) is 0. The number of hydrogen-bond acceptors (Lipinski definition) is 3. The molecule has 0 N–H and O–H groups in total.